The van der Waals surface area contributed by atoms with E-state index >= 15 is 0 Å². The molecule has 2 fully saturated rings. The third-order valence-electron chi connectivity index (χ3n) is 4.26. The second-order valence-electron chi connectivity index (χ2n) is 5.94. The van der Waals surface area contributed by atoms with E-state index in [1.54, 1.807) is 0 Å². The van der Waals surface area contributed by atoms with Gasteiger partial charge in [0.05, 0.1) is 6.26 Å². The third kappa shape index (κ3) is 4.52. The number of sulfonamides is 1. The molecule has 0 aromatic carbocycles. The lowest BCUT2D eigenvalue weighted by atomic mass is 9.96. The van der Waals surface area contributed by atoms with Gasteiger partial charge in [-0.1, -0.05) is 0 Å². The maximum Gasteiger partial charge on any atom is 0.249 e. The van der Waals surface area contributed by atoms with Crippen LogP contribution >= 0.6 is 0 Å². The number of carbonyl (C=O) groups excluding carboxylic acids is 1. The quantitative estimate of drug-likeness (QED) is 0.712. The van der Waals surface area contributed by atoms with Gasteiger partial charge in [-0.3, -0.25) is 4.79 Å². The molecule has 21 heavy (non-hydrogen) atoms. The first-order chi connectivity index (χ1) is 9.88. The summed E-state index contributed by atoms with van der Waals surface area (Å²) in [5.41, 5.74) is 2.05. The number of amides is 1. The Hall–Kier alpha value is -0.920. The molecule has 0 aliphatic carbocycles. The number of nitrogens with one attached hydrogen (secondary N) is 2. The van der Waals surface area contributed by atoms with Crippen molar-refractivity contribution in [2.75, 3.05) is 32.4 Å². The monoisotopic (exact) mass is 315 g/mol. The molecule has 120 valence electrons. The highest BCUT2D eigenvalue weighted by atomic mass is 32.2. The number of hydrogen-bond acceptors (Lipinski definition) is 4. The highest BCUT2D eigenvalue weighted by Gasteiger charge is 2.29. The van der Waals surface area contributed by atoms with Gasteiger partial charge in [0.2, 0.25) is 15.9 Å². The standard InChI is InChI=1S/C14H25N3O3S/c1-11(12-9-15-10-12)14(18)17-8-4-3-5-13(17)6-7-16-21(2,19)20/h13,15-16H,3-10H2,1-2H3. The lowest BCUT2D eigenvalue weighted by molar-refractivity contribution is -0.130. The van der Waals surface area contributed by atoms with Gasteiger partial charge in [0, 0.05) is 37.8 Å². The van der Waals surface area contributed by atoms with Crippen molar-refractivity contribution in [2.45, 2.75) is 38.6 Å². The third-order valence-corrected chi connectivity index (χ3v) is 4.99. The zero-order chi connectivity index (χ0) is 15.5. The van der Waals surface area contributed by atoms with Crippen molar-refractivity contribution in [1.29, 1.82) is 0 Å². The molecule has 0 aromatic rings. The van der Waals surface area contributed by atoms with Crippen molar-refractivity contribution < 1.29 is 13.2 Å². The number of carbonyl (C=O) groups is 1. The van der Waals surface area contributed by atoms with Gasteiger partial charge in [-0.15, -0.1) is 0 Å². The van der Waals surface area contributed by atoms with Crippen LogP contribution in [0.25, 0.3) is 0 Å². The lowest BCUT2D eigenvalue weighted by Crippen LogP contribution is -2.47. The number of rotatable bonds is 5. The maximum atomic E-state index is 12.6. The second kappa shape index (κ2) is 6.89. The lowest BCUT2D eigenvalue weighted by Gasteiger charge is -2.37. The number of likely N-dealkylation sites (tertiary alicyclic amines) is 1. The Bertz CT molecular complexity index is 522. The fourth-order valence-corrected chi connectivity index (χ4v) is 3.35. The Morgan fingerprint density at radius 2 is 2.10 bits per heavy atom. The van der Waals surface area contributed by atoms with E-state index in [0.717, 1.165) is 50.7 Å². The van der Waals surface area contributed by atoms with Crippen LogP contribution < -0.4 is 10.0 Å². The molecule has 6 nitrogen and oxygen atoms in total. The molecule has 0 spiro atoms. The Morgan fingerprint density at radius 3 is 2.67 bits per heavy atom. The van der Waals surface area contributed by atoms with Crippen LogP contribution in [0.4, 0.5) is 0 Å². The summed E-state index contributed by atoms with van der Waals surface area (Å²) >= 11 is 0. The zero-order valence-corrected chi connectivity index (χ0v) is 13.6. The number of hydrogen-bond donors (Lipinski definition) is 2. The van der Waals surface area contributed by atoms with E-state index in [1.807, 2.05) is 11.8 Å². The van der Waals surface area contributed by atoms with Gasteiger partial charge in [-0.05, 0) is 38.2 Å². The van der Waals surface area contributed by atoms with Gasteiger partial charge >= 0.3 is 0 Å². The molecule has 0 radical (unpaired) electrons. The van der Waals surface area contributed by atoms with Gasteiger partial charge in [0.15, 0.2) is 0 Å². The molecule has 2 rings (SSSR count). The van der Waals surface area contributed by atoms with Gasteiger partial charge in [0.25, 0.3) is 0 Å². The summed E-state index contributed by atoms with van der Waals surface area (Å²) in [6, 6.07) is 0.143. The van der Waals surface area contributed by atoms with Crippen molar-refractivity contribution in [1.82, 2.24) is 14.9 Å². The molecule has 0 aromatic heterocycles. The summed E-state index contributed by atoms with van der Waals surface area (Å²) in [6.45, 7) is 4.70. The van der Waals surface area contributed by atoms with Crippen molar-refractivity contribution in [3.63, 3.8) is 0 Å². The fraction of sp³-hybridized carbons (Fsp3) is 0.786. The molecule has 7 heteroatoms. The second-order valence-corrected chi connectivity index (χ2v) is 7.77. The molecule has 1 unspecified atom stereocenters. The predicted octanol–water partition coefficient (Wildman–Crippen LogP) is 0.227. The van der Waals surface area contributed by atoms with Crippen LogP contribution in [0.2, 0.25) is 0 Å². The van der Waals surface area contributed by atoms with Crippen molar-refractivity contribution >= 4 is 15.9 Å². The van der Waals surface area contributed by atoms with Crippen molar-refractivity contribution in [3.05, 3.63) is 11.1 Å². The number of nitrogens with zero attached hydrogens (tertiary/aromatic N) is 1. The Labute approximate surface area is 127 Å². The molecule has 0 saturated carbocycles. The van der Waals surface area contributed by atoms with Gasteiger partial charge in [-0.2, -0.15) is 0 Å². The van der Waals surface area contributed by atoms with Gasteiger partial charge in [0.1, 0.15) is 0 Å². The van der Waals surface area contributed by atoms with Crippen LogP contribution in [-0.2, 0) is 14.8 Å². The first kappa shape index (κ1) is 16.5. The molecule has 2 heterocycles. The SMILES string of the molecule is CC(C(=O)N1CCCCC1CCNS(C)(=O)=O)=C1CNC1. The molecule has 2 saturated heterocycles. The first-order valence-electron chi connectivity index (χ1n) is 7.53. The zero-order valence-electron chi connectivity index (χ0n) is 12.8. The van der Waals surface area contributed by atoms with Crippen molar-refractivity contribution in [3.8, 4) is 0 Å². The van der Waals surface area contributed by atoms with Crippen molar-refractivity contribution in [2.24, 2.45) is 0 Å². The minimum atomic E-state index is -3.16. The average molecular weight is 315 g/mol. The normalized spacial score (nSPS) is 22.9. The summed E-state index contributed by atoms with van der Waals surface area (Å²) in [5, 5.41) is 3.16. The summed E-state index contributed by atoms with van der Waals surface area (Å²) in [5.74, 6) is 0.121. The molecule has 2 aliphatic rings. The largest absolute Gasteiger partial charge is 0.336 e. The van der Waals surface area contributed by atoms with E-state index in [0.29, 0.717) is 13.0 Å². The smallest absolute Gasteiger partial charge is 0.249 e. The van der Waals surface area contributed by atoms with E-state index in [2.05, 4.69) is 10.0 Å². The highest BCUT2D eigenvalue weighted by molar-refractivity contribution is 7.88. The van der Waals surface area contributed by atoms with E-state index in [1.165, 1.54) is 5.57 Å². The summed E-state index contributed by atoms with van der Waals surface area (Å²) in [4.78, 5) is 14.5. The van der Waals surface area contributed by atoms with E-state index in [4.69, 9.17) is 0 Å². The molecule has 1 atom stereocenters. The van der Waals surface area contributed by atoms with Crippen LogP contribution in [0.5, 0.6) is 0 Å². The minimum Gasteiger partial charge on any atom is -0.336 e. The molecule has 2 N–H and O–H groups in total. The summed E-state index contributed by atoms with van der Waals surface area (Å²) in [7, 11) is -3.16. The van der Waals surface area contributed by atoms with Crippen LogP contribution in [0.3, 0.4) is 0 Å². The summed E-state index contributed by atoms with van der Waals surface area (Å²) in [6.07, 6.45) is 4.93. The molecular weight excluding hydrogens is 290 g/mol. The topological polar surface area (TPSA) is 78.5 Å². The Balaban J connectivity index is 1.96. The van der Waals surface area contributed by atoms with E-state index < -0.39 is 10.0 Å². The predicted molar refractivity (Wildman–Crippen MR) is 82.4 cm³/mol. The molecule has 2 aliphatic heterocycles. The van der Waals surface area contributed by atoms with Crippen LogP contribution in [0.1, 0.15) is 32.6 Å². The Kier molecular flexibility index (Phi) is 5.40. The highest BCUT2D eigenvalue weighted by Crippen LogP contribution is 2.23. The van der Waals surface area contributed by atoms with Gasteiger partial charge < -0.3 is 10.2 Å². The molecule has 0 bridgehead atoms. The van der Waals surface area contributed by atoms with E-state index in [-0.39, 0.29) is 11.9 Å². The minimum absolute atomic E-state index is 0.121. The van der Waals surface area contributed by atoms with Gasteiger partial charge in [-0.25, -0.2) is 13.1 Å². The fourth-order valence-electron chi connectivity index (χ4n) is 2.86. The van der Waals surface area contributed by atoms with Crippen LogP contribution in [0, 0.1) is 0 Å². The molecule has 1 amide bonds. The van der Waals surface area contributed by atoms with E-state index in [9.17, 15) is 13.2 Å². The van der Waals surface area contributed by atoms with Crippen LogP contribution in [0.15, 0.2) is 11.1 Å². The summed E-state index contributed by atoms with van der Waals surface area (Å²) < 4.78 is 24.8. The van der Waals surface area contributed by atoms with Crippen LogP contribution in [-0.4, -0.2) is 57.7 Å². The number of piperidine rings is 1. The maximum absolute atomic E-state index is 12.6. The molecular formula is C14H25N3O3S. The first-order valence-corrected chi connectivity index (χ1v) is 9.42. The Morgan fingerprint density at radius 1 is 1.38 bits per heavy atom. The average Bonchev–Trinajstić information content (AvgIpc) is 2.35.